The molecule has 10 heteroatoms. The molecule has 0 saturated carbocycles. The van der Waals surface area contributed by atoms with Crippen molar-refractivity contribution in [1.29, 1.82) is 0 Å². The molecule has 0 spiro atoms. The molecule has 1 aromatic heterocycles. The fourth-order valence-electron chi connectivity index (χ4n) is 3.02. The van der Waals surface area contributed by atoms with E-state index in [2.05, 4.69) is 9.97 Å². The largest absolute Gasteiger partial charge is 0.496 e. The van der Waals surface area contributed by atoms with Crippen LogP contribution in [0, 0.1) is 6.92 Å². The van der Waals surface area contributed by atoms with Gasteiger partial charge in [-0.1, -0.05) is 0 Å². The summed E-state index contributed by atoms with van der Waals surface area (Å²) >= 11 is 0. The highest BCUT2D eigenvalue weighted by atomic mass is 16.6. The summed E-state index contributed by atoms with van der Waals surface area (Å²) in [5.74, 6) is 0.447. The van der Waals surface area contributed by atoms with Crippen LogP contribution in [-0.4, -0.2) is 53.9 Å². The third-order valence-electron chi connectivity index (χ3n) is 4.46. The van der Waals surface area contributed by atoms with Gasteiger partial charge in [-0.05, 0) is 45.4 Å². The lowest BCUT2D eigenvalue weighted by Crippen LogP contribution is -2.37. The second-order valence-corrected chi connectivity index (χ2v) is 8.06. The Morgan fingerprint density at radius 1 is 1.00 bits per heavy atom. The van der Waals surface area contributed by atoms with Crippen LogP contribution >= 0.6 is 0 Å². The quantitative estimate of drug-likeness (QED) is 0.638. The number of amides is 1. The van der Waals surface area contributed by atoms with Crippen LogP contribution in [0.1, 0.15) is 48.0 Å². The second kappa shape index (κ2) is 10.2. The van der Waals surface area contributed by atoms with Gasteiger partial charge in [0.1, 0.15) is 29.2 Å². The number of aromatic nitrogens is 2. The number of anilines is 1. The smallest absolute Gasteiger partial charge is 0.410 e. The number of nitrogens with two attached hydrogens (primary N) is 1. The predicted molar refractivity (Wildman–Crippen MR) is 118 cm³/mol. The Kier molecular flexibility index (Phi) is 7.85. The Morgan fingerprint density at radius 2 is 1.56 bits per heavy atom. The fourth-order valence-corrected chi connectivity index (χ4v) is 3.02. The maximum absolute atomic E-state index is 13.1. The first-order valence-corrected chi connectivity index (χ1v) is 9.87. The van der Waals surface area contributed by atoms with E-state index in [0.29, 0.717) is 17.1 Å². The van der Waals surface area contributed by atoms with Crippen molar-refractivity contribution in [1.82, 2.24) is 14.9 Å². The van der Waals surface area contributed by atoms with Gasteiger partial charge in [0.15, 0.2) is 5.69 Å². The van der Waals surface area contributed by atoms with Gasteiger partial charge in [-0.15, -0.1) is 0 Å². The standard InChI is InChI=1S/C22H30N4O6/c1-13-8-16(29-5)14(17(9-13)30-6)10-26(21(28)32-22(2,3)4)11-15-18(20(27)31-7)24-12-25-19(15)23/h8-9,12H,10-11H2,1-7H3,(H2,23,24,25). The molecule has 0 unspecified atom stereocenters. The minimum absolute atomic E-state index is 0.0311. The van der Waals surface area contributed by atoms with Crippen molar-refractivity contribution in [2.45, 2.75) is 46.4 Å². The molecule has 0 aliphatic rings. The zero-order valence-corrected chi connectivity index (χ0v) is 19.5. The van der Waals surface area contributed by atoms with Crippen molar-refractivity contribution in [3.05, 3.63) is 40.8 Å². The summed E-state index contributed by atoms with van der Waals surface area (Å²) in [6.45, 7) is 7.13. The van der Waals surface area contributed by atoms with E-state index in [1.54, 1.807) is 20.8 Å². The van der Waals surface area contributed by atoms with Gasteiger partial charge >= 0.3 is 12.1 Å². The Morgan fingerprint density at radius 3 is 2.06 bits per heavy atom. The monoisotopic (exact) mass is 446 g/mol. The van der Waals surface area contributed by atoms with Crippen LogP contribution < -0.4 is 15.2 Å². The first kappa shape index (κ1) is 24.7. The van der Waals surface area contributed by atoms with Gasteiger partial charge in [0.25, 0.3) is 0 Å². The van der Waals surface area contributed by atoms with Crippen LogP contribution in [0.15, 0.2) is 18.5 Å². The molecule has 2 aromatic rings. The summed E-state index contributed by atoms with van der Waals surface area (Å²) in [7, 11) is 4.31. The number of methoxy groups -OCH3 is 3. The molecule has 2 N–H and O–H groups in total. The van der Waals surface area contributed by atoms with Crippen molar-refractivity contribution in [2.24, 2.45) is 0 Å². The van der Waals surface area contributed by atoms with E-state index < -0.39 is 17.7 Å². The van der Waals surface area contributed by atoms with Gasteiger partial charge < -0.3 is 24.7 Å². The molecule has 0 fully saturated rings. The van der Waals surface area contributed by atoms with E-state index in [1.165, 1.54) is 26.2 Å². The molecule has 0 aliphatic heterocycles. The summed E-state index contributed by atoms with van der Waals surface area (Å²) in [6.07, 6.45) is 0.538. The number of nitrogen functional groups attached to an aromatic ring is 1. The van der Waals surface area contributed by atoms with Gasteiger partial charge in [-0.3, -0.25) is 4.90 Å². The number of rotatable bonds is 7. The second-order valence-electron chi connectivity index (χ2n) is 8.06. The van der Waals surface area contributed by atoms with Crippen LogP contribution in [0.2, 0.25) is 0 Å². The number of esters is 1. The van der Waals surface area contributed by atoms with E-state index in [1.807, 2.05) is 19.1 Å². The number of aryl methyl sites for hydroxylation is 1. The molecular formula is C22H30N4O6. The topological polar surface area (TPSA) is 126 Å². The number of hydrogen-bond donors (Lipinski definition) is 1. The third-order valence-corrected chi connectivity index (χ3v) is 4.46. The number of benzene rings is 1. The molecule has 1 aromatic carbocycles. The van der Waals surface area contributed by atoms with Crippen molar-refractivity contribution in [3.63, 3.8) is 0 Å². The summed E-state index contributed by atoms with van der Waals surface area (Å²) in [4.78, 5) is 34.7. The molecule has 10 nitrogen and oxygen atoms in total. The Labute approximate surface area is 187 Å². The zero-order valence-electron chi connectivity index (χ0n) is 19.5. The maximum Gasteiger partial charge on any atom is 0.410 e. The Balaban J connectivity index is 2.56. The first-order valence-electron chi connectivity index (χ1n) is 9.87. The van der Waals surface area contributed by atoms with Crippen molar-refractivity contribution in [2.75, 3.05) is 27.1 Å². The summed E-state index contributed by atoms with van der Waals surface area (Å²) in [5.41, 5.74) is 7.05. The highest BCUT2D eigenvalue weighted by Crippen LogP contribution is 2.33. The van der Waals surface area contributed by atoms with Gasteiger partial charge in [0, 0.05) is 5.56 Å². The van der Waals surface area contributed by atoms with E-state index in [9.17, 15) is 9.59 Å². The maximum atomic E-state index is 13.1. The van der Waals surface area contributed by atoms with Crippen LogP contribution in [0.5, 0.6) is 11.5 Å². The van der Waals surface area contributed by atoms with Gasteiger partial charge in [-0.25, -0.2) is 19.6 Å². The minimum atomic E-state index is -0.749. The SMILES string of the molecule is COC(=O)c1ncnc(N)c1CN(Cc1c(OC)cc(C)cc1OC)C(=O)OC(C)(C)C. The highest BCUT2D eigenvalue weighted by molar-refractivity contribution is 5.90. The number of carbonyl (C=O) groups is 2. The lowest BCUT2D eigenvalue weighted by molar-refractivity contribution is 0.0211. The van der Waals surface area contributed by atoms with Crippen molar-refractivity contribution >= 4 is 17.9 Å². The fraction of sp³-hybridized carbons (Fsp3) is 0.455. The van der Waals surface area contributed by atoms with Gasteiger partial charge in [0.05, 0.1) is 40.0 Å². The average Bonchev–Trinajstić information content (AvgIpc) is 2.72. The molecule has 32 heavy (non-hydrogen) atoms. The van der Waals surface area contributed by atoms with Crippen LogP contribution in [-0.2, 0) is 22.6 Å². The highest BCUT2D eigenvalue weighted by Gasteiger charge is 2.28. The van der Waals surface area contributed by atoms with Crippen molar-refractivity contribution < 1.29 is 28.5 Å². The Hall–Kier alpha value is -3.56. The summed E-state index contributed by atoms with van der Waals surface area (Å²) < 4.78 is 21.4. The molecule has 1 amide bonds. The molecule has 0 radical (unpaired) electrons. The van der Waals surface area contributed by atoms with E-state index in [-0.39, 0.29) is 30.2 Å². The lowest BCUT2D eigenvalue weighted by Gasteiger charge is -2.29. The number of nitrogens with zero attached hydrogens (tertiary/aromatic N) is 3. The molecule has 0 saturated heterocycles. The molecule has 0 atom stereocenters. The molecule has 174 valence electrons. The molecule has 0 aliphatic carbocycles. The van der Waals surface area contributed by atoms with E-state index in [0.717, 1.165) is 11.9 Å². The third kappa shape index (κ3) is 5.99. The summed E-state index contributed by atoms with van der Waals surface area (Å²) in [5, 5.41) is 0. The number of ether oxygens (including phenoxy) is 4. The molecule has 1 heterocycles. The first-order chi connectivity index (χ1) is 15.0. The average molecular weight is 447 g/mol. The minimum Gasteiger partial charge on any atom is -0.496 e. The Bertz CT molecular complexity index is 962. The number of carbonyl (C=O) groups excluding carboxylic acids is 2. The van der Waals surface area contributed by atoms with Gasteiger partial charge in [0.2, 0.25) is 0 Å². The lowest BCUT2D eigenvalue weighted by atomic mass is 10.1. The van der Waals surface area contributed by atoms with E-state index >= 15 is 0 Å². The zero-order chi connectivity index (χ0) is 24.1. The van der Waals surface area contributed by atoms with Crippen LogP contribution in [0.25, 0.3) is 0 Å². The van der Waals surface area contributed by atoms with Crippen LogP contribution in [0.4, 0.5) is 10.6 Å². The van der Waals surface area contributed by atoms with Gasteiger partial charge in [-0.2, -0.15) is 0 Å². The van der Waals surface area contributed by atoms with E-state index in [4.69, 9.17) is 24.7 Å². The normalized spacial score (nSPS) is 11.0. The molecule has 2 rings (SSSR count). The molecular weight excluding hydrogens is 416 g/mol. The van der Waals surface area contributed by atoms with Crippen LogP contribution in [0.3, 0.4) is 0 Å². The summed E-state index contributed by atoms with van der Waals surface area (Å²) in [6, 6.07) is 3.68. The van der Waals surface area contributed by atoms with Crippen molar-refractivity contribution in [3.8, 4) is 11.5 Å². The number of hydrogen-bond acceptors (Lipinski definition) is 9. The molecule has 0 bridgehead atoms. The predicted octanol–water partition coefficient (Wildman–Crippen LogP) is 3.11.